The van der Waals surface area contributed by atoms with Crippen LogP contribution in [-0.2, 0) is 11.8 Å². The summed E-state index contributed by atoms with van der Waals surface area (Å²) in [6.07, 6.45) is 2.71. The van der Waals surface area contributed by atoms with E-state index in [-0.39, 0.29) is 5.41 Å². The van der Waals surface area contributed by atoms with E-state index in [1.165, 1.54) is 11.1 Å². The predicted molar refractivity (Wildman–Crippen MR) is 109 cm³/mol. The van der Waals surface area contributed by atoms with Gasteiger partial charge in [-0.2, -0.15) is 4.98 Å². The Hall–Kier alpha value is -2.88. The normalized spacial score (nSPS) is 11.2. The van der Waals surface area contributed by atoms with Gasteiger partial charge in [0.25, 0.3) is 0 Å². The molecular formula is C22H26N4. The zero-order valence-corrected chi connectivity index (χ0v) is 15.7. The molecule has 0 aliphatic rings. The average molecular weight is 346 g/mol. The van der Waals surface area contributed by atoms with Crippen LogP contribution in [0, 0.1) is 0 Å². The van der Waals surface area contributed by atoms with Gasteiger partial charge >= 0.3 is 0 Å². The summed E-state index contributed by atoms with van der Waals surface area (Å²) in [6, 6.07) is 20.8. The largest absolute Gasteiger partial charge is 0.354 e. The van der Waals surface area contributed by atoms with E-state index in [4.69, 9.17) is 0 Å². The highest BCUT2D eigenvalue weighted by atomic mass is 15.1. The van der Waals surface area contributed by atoms with Crippen LogP contribution in [0.2, 0.25) is 0 Å². The summed E-state index contributed by atoms with van der Waals surface area (Å²) in [5, 5.41) is 6.63. The fraction of sp³-hybridized carbons (Fsp3) is 0.273. The predicted octanol–water partition coefficient (Wildman–Crippen LogP) is 5.17. The van der Waals surface area contributed by atoms with Crippen molar-refractivity contribution in [3.05, 3.63) is 78.0 Å². The Labute approximate surface area is 155 Å². The maximum Gasteiger partial charge on any atom is 0.224 e. The van der Waals surface area contributed by atoms with E-state index >= 15 is 0 Å². The molecule has 0 aliphatic heterocycles. The Balaban J connectivity index is 1.58. The topological polar surface area (TPSA) is 49.8 Å². The summed E-state index contributed by atoms with van der Waals surface area (Å²) in [6.45, 7) is 7.45. The maximum atomic E-state index is 4.54. The first-order valence-corrected chi connectivity index (χ1v) is 8.99. The van der Waals surface area contributed by atoms with Gasteiger partial charge in [0, 0.05) is 18.4 Å². The van der Waals surface area contributed by atoms with E-state index in [9.17, 15) is 0 Å². The molecule has 4 heteroatoms. The number of nitrogens with one attached hydrogen (secondary N) is 2. The summed E-state index contributed by atoms with van der Waals surface area (Å²) < 4.78 is 0. The number of benzene rings is 2. The first kappa shape index (κ1) is 17.9. The molecule has 0 aliphatic carbocycles. The van der Waals surface area contributed by atoms with Crippen molar-refractivity contribution in [2.75, 3.05) is 17.2 Å². The highest BCUT2D eigenvalue weighted by Crippen LogP contribution is 2.24. The smallest absolute Gasteiger partial charge is 0.224 e. The minimum atomic E-state index is 0.156. The van der Waals surface area contributed by atoms with E-state index in [1.54, 1.807) is 6.20 Å². The summed E-state index contributed by atoms with van der Waals surface area (Å²) in [5.41, 5.74) is 3.79. The van der Waals surface area contributed by atoms with Crippen LogP contribution in [0.25, 0.3) is 0 Å². The third-order valence-corrected chi connectivity index (χ3v) is 4.22. The van der Waals surface area contributed by atoms with Crippen LogP contribution in [-0.4, -0.2) is 16.5 Å². The van der Waals surface area contributed by atoms with Crippen LogP contribution < -0.4 is 10.6 Å². The number of hydrogen-bond donors (Lipinski definition) is 2. The van der Waals surface area contributed by atoms with Crippen molar-refractivity contribution in [1.29, 1.82) is 0 Å². The molecule has 0 radical (unpaired) electrons. The second kappa shape index (κ2) is 8.00. The van der Waals surface area contributed by atoms with Crippen molar-refractivity contribution >= 4 is 17.5 Å². The molecule has 1 heterocycles. The summed E-state index contributed by atoms with van der Waals surface area (Å²) >= 11 is 0. The Kier molecular flexibility index (Phi) is 5.52. The van der Waals surface area contributed by atoms with Crippen molar-refractivity contribution < 1.29 is 0 Å². The van der Waals surface area contributed by atoms with Crippen molar-refractivity contribution in [3.63, 3.8) is 0 Å². The van der Waals surface area contributed by atoms with Gasteiger partial charge in [0.1, 0.15) is 5.82 Å². The number of aromatic nitrogens is 2. The Morgan fingerprint density at radius 2 is 1.62 bits per heavy atom. The van der Waals surface area contributed by atoms with Crippen LogP contribution in [0.3, 0.4) is 0 Å². The highest BCUT2D eigenvalue weighted by molar-refractivity contribution is 5.57. The fourth-order valence-corrected chi connectivity index (χ4v) is 2.68. The molecule has 0 saturated carbocycles. The number of hydrogen-bond acceptors (Lipinski definition) is 4. The molecule has 0 amide bonds. The van der Waals surface area contributed by atoms with Crippen molar-refractivity contribution in [3.8, 4) is 0 Å². The van der Waals surface area contributed by atoms with Crippen molar-refractivity contribution in [2.45, 2.75) is 32.6 Å². The molecule has 0 spiro atoms. The van der Waals surface area contributed by atoms with E-state index in [2.05, 4.69) is 89.9 Å². The van der Waals surface area contributed by atoms with Gasteiger partial charge in [-0.15, -0.1) is 0 Å². The quantitative estimate of drug-likeness (QED) is 0.646. The molecule has 4 nitrogen and oxygen atoms in total. The lowest BCUT2D eigenvalue weighted by atomic mass is 9.87. The van der Waals surface area contributed by atoms with Crippen LogP contribution in [0.4, 0.5) is 17.5 Å². The molecule has 2 aromatic carbocycles. The Morgan fingerprint density at radius 3 is 2.31 bits per heavy atom. The second-order valence-corrected chi connectivity index (χ2v) is 7.38. The molecule has 26 heavy (non-hydrogen) atoms. The van der Waals surface area contributed by atoms with E-state index in [1.807, 2.05) is 12.1 Å². The molecule has 2 N–H and O–H groups in total. The van der Waals surface area contributed by atoms with Gasteiger partial charge in [-0.3, -0.25) is 0 Å². The number of rotatable bonds is 6. The minimum Gasteiger partial charge on any atom is -0.354 e. The van der Waals surface area contributed by atoms with E-state index < -0.39 is 0 Å². The third kappa shape index (κ3) is 5.06. The van der Waals surface area contributed by atoms with Crippen LogP contribution in [0.1, 0.15) is 31.9 Å². The zero-order valence-electron chi connectivity index (χ0n) is 15.7. The fourth-order valence-electron chi connectivity index (χ4n) is 2.68. The SMILES string of the molecule is CC(C)(C)c1ccc(Nc2ccnc(NCCc3ccccc3)n2)cc1. The average Bonchev–Trinajstić information content (AvgIpc) is 2.63. The van der Waals surface area contributed by atoms with Crippen LogP contribution in [0.15, 0.2) is 66.9 Å². The van der Waals surface area contributed by atoms with Gasteiger partial charge in [-0.25, -0.2) is 4.98 Å². The second-order valence-electron chi connectivity index (χ2n) is 7.38. The van der Waals surface area contributed by atoms with Crippen molar-refractivity contribution in [1.82, 2.24) is 9.97 Å². The highest BCUT2D eigenvalue weighted by Gasteiger charge is 2.12. The Bertz CT molecular complexity index is 821. The number of anilines is 3. The summed E-state index contributed by atoms with van der Waals surface area (Å²) in [5.74, 6) is 1.42. The van der Waals surface area contributed by atoms with Gasteiger partial charge < -0.3 is 10.6 Å². The monoisotopic (exact) mass is 346 g/mol. The molecule has 0 bridgehead atoms. The third-order valence-electron chi connectivity index (χ3n) is 4.22. The standard InChI is InChI=1S/C22H26N4/c1-22(2,3)18-9-11-19(12-10-18)25-20-14-16-24-21(26-20)23-15-13-17-7-5-4-6-8-17/h4-12,14,16H,13,15H2,1-3H3,(H2,23,24,25,26). The molecule has 0 fully saturated rings. The lowest BCUT2D eigenvalue weighted by Crippen LogP contribution is -2.10. The molecule has 0 atom stereocenters. The van der Waals surface area contributed by atoms with Gasteiger partial charge in [0.15, 0.2) is 0 Å². The summed E-state index contributed by atoms with van der Waals surface area (Å²) in [7, 11) is 0. The maximum absolute atomic E-state index is 4.54. The van der Waals surface area contributed by atoms with Crippen molar-refractivity contribution in [2.24, 2.45) is 0 Å². The molecule has 3 aromatic rings. The lowest BCUT2D eigenvalue weighted by molar-refractivity contribution is 0.590. The van der Waals surface area contributed by atoms with Gasteiger partial charge in [-0.05, 0) is 41.2 Å². The van der Waals surface area contributed by atoms with Crippen LogP contribution >= 0.6 is 0 Å². The molecule has 0 unspecified atom stereocenters. The zero-order chi connectivity index (χ0) is 18.4. The van der Waals surface area contributed by atoms with Gasteiger partial charge in [0.2, 0.25) is 5.95 Å². The summed E-state index contributed by atoms with van der Waals surface area (Å²) in [4.78, 5) is 8.83. The van der Waals surface area contributed by atoms with Gasteiger partial charge in [-0.1, -0.05) is 63.2 Å². The molecular weight excluding hydrogens is 320 g/mol. The van der Waals surface area contributed by atoms with E-state index in [0.29, 0.717) is 5.95 Å². The molecule has 0 saturated heterocycles. The Morgan fingerprint density at radius 1 is 0.885 bits per heavy atom. The molecule has 134 valence electrons. The van der Waals surface area contributed by atoms with E-state index in [0.717, 1.165) is 24.5 Å². The number of nitrogens with zero attached hydrogens (tertiary/aromatic N) is 2. The molecule has 1 aromatic heterocycles. The minimum absolute atomic E-state index is 0.156. The lowest BCUT2D eigenvalue weighted by Gasteiger charge is -2.19. The molecule has 3 rings (SSSR count). The van der Waals surface area contributed by atoms with Gasteiger partial charge in [0.05, 0.1) is 0 Å². The van der Waals surface area contributed by atoms with Crippen LogP contribution in [0.5, 0.6) is 0 Å². The first-order valence-electron chi connectivity index (χ1n) is 8.99. The first-order chi connectivity index (χ1) is 12.5.